The topological polar surface area (TPSA) is 112 Å². The maximum Gasteiger partial charge on any atom is 0.334 e. The molecule has 29 heavy (non-hydrogen) atoms. The molecule has 0 spiro atoms. The highest BCUT2D eigenvalue weighted by Gasteiger charge is 2.59. The second kappa shape index (κ2) is 7.68. The fraction of sp³-hybridized carbons (Fsp3) is 0.619. The first kappa shape index (κ1) is 21.7. The van der Waals surface area contributed by atoms with Gasteiger partial charge in [-0.15, -0.1) is 0 Å². The zero-order valence-corrected chi connectivity index (χ0v) is 17.1. The van der Waals surface area contributed by atoms with E-state index in [1.807, 2.05) is 0 Å². The van der Waals surface area contributed by atoms with Crippen LogP contribution in [0.25, 0.3) is 0 Å². The highest BCUT2D eigenvalue weighted by atomic mass is 16.7. The van der Waals surface area contributed by atoms with Crippen LogP contribution in [0.15, 0.2) is 35.5 Å². The molecule has 3 heterocycles. The summed E-state index contributed by atoms with van der Waals surface area (Å²) in [6.07, 6.45) is 0.738. The Hall–Kier alpha value is -2.00. The normalized spacial score (nSPS) is 39.8. The van der Waals surface area contributed by atoms with Gasteiger partial charge in [0, 0.05) is 36.7 Å². The van der Waals surface area contributed by atoms with Gasteiger partial charge < -0.3 is 29.2 Å². The van der Waals surface area contributed by atoms with Gasteiger partial charge in [-0.3, -0.25) is 0 Å². The molecule has 0 aliphatic carbocycles. The second-order valence-electron chi connectivity index (χ2n) is 7.98. The molecule has 2 saturated heterocycles. The molecule has 0 aromatic carbocycles. The van der Waals surface area contributed by atoms with Gasteiger partial charge in [0.25, 0.3) is 0 Å². The first-order valence-electron chi connectivity index (χ1n) is 9.60. The Labute approximate surface area is 169 Å². The molecule has 0 saturated carbocycles. The summed E-state index contributed by atoms with van der Waals surface area (Å²) in [7, 11) is 1.42. The predicted molar refractivity (Wildman–Crippen MR) is 101 cm³/mol. The summed E-state index contributed by atoms with van der Waals surface area (Å²) < 4.78 is 22.9. The summed E-state index contributed by atoms with van der Waals surface area (Å²) in [6.45, 7) is 8.45. The van der Waals surface area contributed by atoms with Crippen molar-refractivity contribution in [3.63, 3.8) is 0 Å². The van der Waals surface area contributed by atoms with Gasteiger partial charge in [0.15, 0.2) is 5.79 Å². The van der Waals surface area contributed by atoms with E-state index >= 15 is 0 Å². The summed E-state index contributed by atoms with van der Waals surface area (Å²) in [6, 6.07) is 0. The summed E-state index contributed by atoms with van der Waals surface area (Å²) in [5.74, 6) is -3.19. The Morgan fingerprint density at radius 1 is 1.45 bits per heavy atom. The fourth-order valence-electron chi connectivity index (χ4n) is 4.26. The van der Waals surface area contributed by atoms with Crippen molar-refractivity contribution in [1.29, 1.82) is 0 Å². The van der Waals surface area contributed by atoms with Gasteiger partial charge in [0.05, 0.1) is 24.2 Å². The monoisotopic (exact) mass is 408 g/mol. The van der Waals surface area contributed by atoms with Crippen molar-refractivity contribution < 1.29 is 38.7 Å². The molecule has 0 amide bonds. The van der Waals surface area contributed by atoms with Gasteiger partial charge in [-0.25, -0.2) is 9.59 Å². The average molecular weight is 408 g/mol. The number of fused-ring (bicyclic) bond motifs is 3. The Bertz CT molecular complexity index is 784. The zero-order valence-electron chi connectivity index (χ0n) is 17.1. The first-order chi connectivity index (χ1) is 13.6. The number of carbonyl (C=O) groups excluding carboxylic acids is 2. The van der Waals surface area contributed by atoms with E-state index in [9.17, 15) is 19.8 Å². The molecule has 0 aromatic rings. The summed E-state index contributed by atoms with van der Waals surface area (Å²) in [4.78, 5) is 24.8. The Kier molecular flexibility index (Phi) is 5.75. The van der Waals surface area contributed by atoms with Crippen molar-refractivity contribution >= 4 is 11.9 Å². The van der Waals surface area contributed by atoms with E-state index in [4.69, 9.17) is 18.9 Å². The van der Waals surface area contributed by atoms with Crippen molar-refractivity contribution in [3.8, 4) is 0 Å². The van der Waals surface area contributed by atoms with E-state index in [2.05, 4.69) is 6.58 Å². The van der Waals surface area contributed by atoms with Gasteiger partial charge >= 0.3 is 11.9 Å². The summed E-state index contributed by atoms with van der Waals surface area (Å²) in [5.41, 5.74) is -0.244. The van der Waals surface area contributed by atoms with Gasteiger partial charge in [-0.1, -0.05) is 12.7 Å². The molecule has 2 fully saturated rings. The molecule has 0 radical (unpaired) electrons. The van der Waals surface area contributed by atoms with E-state index in [1.165, 1.54) is 7.11 Å². The summed E-state index contributed by atoms with van der Waals surface area (Å²) >= 11 is 0. The molecule has 3 aliphatic heterocycles. The van der Waals surface area contributed by atoms with E-state index in [-0.39, 0.29) is 18.4 Å². The lowest BCUT2D eigenvalue weighted by atomic mass is 9.80. The molecule has 8 nitrogen and oxygen atoms in total. The standard InChI is InChI=1S/C21H28O8/c1-6-11(2)18(24)28-15-8-20(4)16(23)9-21(26-5,29-20)13(10-22)7-14-17(15)12(3)19(25)27-14/h6-7,14-17,22-23H,3,8-10H2,1-2,4-5H3/b11-6-,13-7?/t14-,15-,16+,17+,20-,21-/m1/s1. The minimum atomic E-state index is -1.37. The Balaban J connectivity index is 2.11. The number of allylic oxidation sites excluding steroid dienone is 1. The average Bonchev–Trinajstić information content (AvgIpc) is 3.12. The van der Waals surface area contributed by atoms with Crippen LogP contribution < -0.4 is 0 Å². The highest BCUT2D eigenvalue weighted by Crippen LogP contribution is 2.49. The van der Waals surface area contributed by atoms with Gasteiger partial charge in [0.2, 0.25) is 0 Å². The molecular weight excluding hydrogens is 380 g/mol. The van der Waals surface area contributed by atoms with Crippen LogP contribution in [0, 0.1) is 5.92 Å². The van der Waals surface area contributed by atoms with Crippen LogP contribution in [0.5, 0.6) is 0 Å². The third-order valence-electron chi connectivity index (χ3n) is 6.20. The highest BCUT2D eigenvalue weighted by molar-refractivity contribution is 5.92. The number of hydrogen-bond donors (Lipinski definition) is 2. The molecule has 0 aromatic heterocycles. The smallest absolute Gasteiger partial charge is 0.334 e. The minimum absolute atomic E-state index is 0.0766. The Morgan fingerprint density at radius 3 is 2.72 bits per heavy atom. The van der Waals surface area contributed by atoms with E-state index < -0.39 is 54.2 Å². The second-order valence-corrected chi connectivity index (χ2v) is 7.98. The number of ether oxygens (including phenoxy) is 4. The van der Waals surface area contributed by atoms with Gasteiger partial charge in [-0.2, -0.15) is 0 Å². The number of hydrogen-bond acceptors (Lipinski definition) is 8. The molecule has 160 valence electrons. The number of methoxy groups -OCH3 is 1. The van der Waals surface area contributed by atoms with Crippen LogP contribution >= 0.6 is 0 Å². The van der Waals surface area contributed by atoms with Crippen LogP contribution in [-0.4, -0.2) is 65.6 Å². The number of esters is 2. The van der Waals surface area contributed by atoms with Crippen molar-refractivity contribution in [2.45, 2.75) is 63.3 Å². The molecule has 6 atom stereocenters. The van der Waals surface area contributed by atoms with Crippen LogP contribution in [0.3, 0.4) is 0 Å². The SMILES string of the molecule is C=C1C(=O)O[C@@H]2C=C(CO)[C@@]3(OC)C[C@H](O)[C@@](C)(C[C@@H](OC(=O)/C(C)=C\C)[C@@H]12)O3. The van der Waals surface area contributed by atoms with Crippen LogP contribution in [0.1, 0.15) is 33.6 Å². The number of aliphatic hydroxyl groups excluding tert-OH is 2. The maximum absolute atomic E-state index is 12.5. The number of rotatable bonds is 4. The van der Waals surface area contributed by atoms with Crippen molar-refractivity contribution in [2.75, 3.05) is 13.7 Å². The largest absolute Gasteiger partial charge is 0.458 e. The molecule has 3 aliphatic rings. The lowest BCUT2D eigenvalue weighted by Gasteiger charge is -2.35. The van der Waals surface area contributed by atoms with Crippen LogP contribution in [0.4, 0.5) is 0 Å². The molecular formula is C21H28O8. The number of aliphatic hydroxyl groups is 2. The molecule has 2 N–H and O–H groups in total. The van der Waals surface area contributed by atoms with Gasteiger partial charge in [0.1, 0.15) is 12.2 Å². The van der Waals surface area contributed by atoms with Crippen LogP contribution in [0.2, 0.25) is 0 Å². The van der Waals surface area contributed by atoms with Gasteiger partial charge in [-0.05, 0) is 26.8 Å². The van der Waals surface area contributed by atoms with Crippen LogP contribution in [-0.2, 0) is 28.5 Å². The zero-order chi connectivity index (χ0) is 21.6. The fourth-order valence-corrected chi connectivity index (χ4v) is 4.26. The lowest BCUT2D eigenvalue weighted by molar-refractivity contribution is -0.225. The van der Waals surface area contributed by atoms with Crippen molar-refractivity contribution in [1.82, 2.24) is 0 Å². The molecule has 2 bridgehead atoms. The molecule has 3 rings (SSSR count). The first-order valence-corrected chi connectivity index (χ1v) is 9.60. The summed E-state index contributed by atoms with van der Waals surface area (Å²) in [5, 5.41) is 20.8. The minimum Gasteiger partial charge on any atom is -0.458 e. The van der Waals surface area contributed by atoms with E-state index in [0.29, 0.717) is 11.1 Å². The third-order valence-corrected chi connectivity index (χ3v) is 6.20. The quantitative estimate of drug-likeness (QED) is 0.405. The van der Waals surface area contributed by atoms with E-state index in [1.54, 1.807) is 32.9 Å². The van der Waals surface area contributed by atoms with Crippen molar-refractivity contribution in [3.05, 3.63) is 35.5 Å². The predicted octanol–water partition coefficient (Wildman–Crippen LogP) is 1.17. The Morgan fingerprint density at radius 2 is 2.14 bits per heavy atom. The molecule has 0 unspecified atom stereocenters. The maximum atomic E-state index is 12.5. The van der Waals surface area contributed by atoms with Crippen molar-refractivity contribution in [2.24, 2.45) is 5.92 Å². The lowest BCUT2D eigenvalue weighted by Crippen LogP contribution is -2.45. The molecule has 8 heteroatoms. The van der Waals surface area contributed by atoms with E-state index in [0.717, 1.165) is 0 Å². The third kappa shape index (κ3) is 3.54. The number of carbonyl (C=O) groups is 2.